The van der Waals surface area contributed by atoms with E-state index in [1.165, 1.54) is 24.7 Å². The topological polar surface area (TPSA) is 63.7 Å². The minimum Gasteiger partial charge on any atom is -0.494 e. The minimum atomic E-state index is -3.25. The summed E-state index contributed by atoms with van der Waals surface area (Å²) in [4.78, 5) is 15.9. The van der Waals surface area contributed by atoms with Gasteiger partial charge in [0.05, 0.1) is 23.8 Å². The van der Waals surface area contributed by atoms with Crippen LogP contribution in [0.1, 0.15) is 45.4 Å². The van der Waals surface area contributed by atoms with E-state index in [1.54, 1.807) is 11.0 Å². The molecule has 0 spiro atoms. The van der Waals surface area contributed by atoms with Crippen LogP contribution < -0.4 is 9.64 Å². The maximum Gasteiger partial charge on any atom is 0.233 e. The van der Waals surface area contributed by atoms with Crippen LogP contribution in [-0.2, 0) is 14.6 Å². The summed E-state index contributed by atoms with van der Waals surface area (Å²) < 4.78 is 29.8. The van der Waals surface area contributed by atoms with Crippen LogP contribution in [-0.4, -0.2) is 32.7 Å². The number of hydrogen-bond donors (Lipinski definition) is 0. The average Bonchev–Trinajstić information content (AvgIpc) is 3.02. The van der Waals surface area contributed by atoms with Crippen molar-refractivity contribution < 1.29 is 17.9 Å². The molecule has 0 unspecified atom stereocenters. The van der Waals surface area contributed by atoms with Gasteiger partial charge in [-0.25, -0.2) is 8.42 Å². The molecule has 0 aromatic heterocycles. The van der Waals surface area contributed by atoms with Crippen LogP contribution in [0.3, 0.4) is 0 Å². The third-order valence-electron chi connectivity index (χ3n) is 7.38. The first-order valence-corrected chi connectivity index (χ1v) is 12.6. The second kappa shape index (κ2) is 6.86. The Labute approximate surface area is 173 Å². The summed E-state index contributed by atoms with van der Waals surface area (Å²) in [6, 6.07) is 7.08. The summed E-state index contributed by atoms with van der Waals surface area (Å²) in [6.07, 6.45) is 8.40. The molecular formula is C23H29NO4S. The standard InChI is InChI=1S/C23H29NO4S/c1-2-28-21-5-3-19(4-6-21)24(20-7-8-29(26,27)15-20)22(25)23-12-16-9-17(13-23)11-18(10-16)14-23/h3-8,16-18,20H,2,9-15H2,1H3/t16?,17?,18?,20-,23?/m0/s1. The molecule has 1 amide bonds. The lowest BCUT2D eigenvalue weighted by Crippen LogP contribution is -2.57. The number of nitrogens with zero attached hydrogens (tertiary/aromatic N) is 1. The molecule has 1 heterocycles. The number of benzene rings is 1. The fraction of sp³-hybridized carbons (Fsp3) is 0.609. The molecule has 5 nitrogen and oxygen atoms in total. The number of rotatable bonds is 5. The molecule has 29 heavy (non-hydrogen) atoms. The van der Waals surface area contributed by atoms with Gasteiger partial charge in [-0.3, -0.25) is 4.79 Å². The van der Waals surface area contributed by atoms with E-state index in [2.05, 4.69) is 0 Å². The first kappa shape index (κ1) is 19.2. The number of anilines is 1. The fourth-order valence-corrected chi connectivity index (χ4v) is 7.95. The van der Waals surface area contributed by atoms with E-state index in [4.69, 9.17) is 4.74 Å². The summed E-state index contributed by atoms with van der Waals surface area (Å²) in [6.45, 7) is 2.52. The molecule has 5 aliphatic rings. The molecule has 1 aromatic carbocycles. The van der Waals surface area contributed by atoms with Crippen LogP contribution in [0.15, 0.2) is 35.7 Å². The third-order valence-corrected chi connectivity index (χ3v) is 8.76. The van der Waals surface area contributed by atoms with E-state index in [-0.39, 0.29) is 17.1 Å². The molecule has 0 saturated heterocycles. The van der Waals surface area contributed by atoms with Crippen molar-refractivity contribution in [2.75, 3.05) is 17.3 Å². The van der Waals surface area contributed by atoms with Crippen LogP contribution in [0.25, 0.3) is 0 Å². The molecule has 4 aliphatic carbocycles. The highest BCUT2D eigenvalue weighted by molar-refractivity contribution is 7.94. The minimum absolute atomic E-state index is 0.0294. The number of hydrogen-bond acceptors (Lipinski definition) is 4. The van der Waals surface area contributed by atoms with Gasteiger partial charge in [-0.05, 0) is 93.5 Å². The Hall–Kier alpha value is -1.82. The number of sulfone groups is 1. The van der Waals surface area contributed by atoms with Crippen molar-refractivity contribution in [1.29, 1.82) is 0 Å². The molecule has 4 fully saturated rings. The fourth-order valence-electron chi connectivity index (χ4n) is 6.68. The highest BCUT2D eigenvalue weighted by Gasteiger charge is 2.56. The summed E-state index contributed by atoms with van der Waals surface area (Å²) in [7, 11) is -3.25. The van der Waals surface area contributed by atoms with E-state index >= 15 is 0 Å². The summed E-state index contributed by atoms with van der Waals surface area (Å²) >= 11 is 0. The lowest BCUT2D eigenvalue weighted by Gasteiger charge is -2.57. The maximum absolute atomic E-state index is 14.1. The van der Waals surface area contributed by atoms with Gasteiger partial charge in [-0.1, -0.05) is 0 Å². The lowest BCUT2D eigenvalue weighted by atomic mass is 9.49. The predicted octanol–water partition coefficient (Wildman–Crippen LogP) is 3.95. The third kappa shape index (κ3) is 3.39. The van der Waals surface area contributed by atoms with Crippen LogP contribution in [0.2, 0.25) is 0 Å². The zero-order valence-corrected chi connectivity index (χ0v) is 17.7. The monoisotopic (exact) mass is 415 g/mol. The van der Waals surface area contributed by atoms with Gasteiger partial charge in [0.2, 0.25) is 5.91 Å². The quantitative estimate of drug-likeness (QED) is 0.731. The van der Waals surface area contributed by atoms with Gasteiger partial charge in [0, 0.05) is 11.1 Å². The summed E-state index contributed by atoms with van der Waals surface area (Å²) in [5, 5.41) is 1.27. The summed E-state index contributed by atoms with van der Waals surface area (Å²) in [5.74, 6) is 2.85. The van der Waals surface area contributed by atoms with Gasteiger partial charge in [-0.15, -0.1) is 0 Å². The zero-order valence-electron chi connectivity index (χ0n) is 16.9. The molecule has 156 valence electrons. The Kier molecular flexibility index (Phi) is 4.53. The Morgan fingerprint density at radius 3 is 2.14 bits per heavy atom. The molecular weight excluding hydrogens is 386 g/mol. The Balaban J connectivity index is 1.50. The molecule has 0 N–H and O–H groups in total. The zero-order chi connectivity index (χ0) is 20.2. The second-order valence-corrected chi connectivity index (χ2v) is 11.5. The molecule has 1 aromatic rings. The van der Waals surface area contributed by atoms with E-state index < -0.39 is 15.9 Å². The van der Waals surface area contributed by atoms with E-state index in [0.717, 1.165) is 30.7 Å². The van der Waals surface area contributed by atoms with Gasteiger partial charge >= 0.3 is 0 Å². The molecule has 4 saturated carbocycles. The molecule has 1 aliphatic heterocycles. The van der Waals surface area contributed by atoms with Crippen LogP contribution in [0, 0.1) is 23.2 Å². The van der Waals surface area contributed by atoms with Crippen LogP contribution in [0.4, 0.5) is 5.69 Å². The Morgan fingerprint density at radius 1 is 1.07 bits per heavy atom. The number of carbonyl (C=O) groups is 1. The van der Waals surface area contributed by atoms with Crippen molar-refractivity contribution in [2.24, 2.45) is 23.2 Å². The van der Waals surface area contributed by atoms with Crippen molar-refractivity contribution >= 4 is 21.4 Å². The van der Waals surface area contributed by atoms with Gasteiger partial charge in [0.25, 0.3) is 0 Å². The maximum atomic E-state index is 14.1. The van der Waals surface area contributed by atoms with Crippen LogP contribution in [0.5, 0.6) is 5.75 Å². The molecule has 4 bridgehead atoms. The molecule has 1 atom stereocenters. The highest BCUT2D eigenvalue weighted by atomic mass is 32.2. The highest BCUT2D eigenvalue weighted by Crippen LogP contribution is 2.61. The van der Waals surface area contributed by atoms with Crippen molar-refractivity contribution in [3.63, 3.8) is 0 Å². The Bertz CT molecular complexity index is 899. The second-order valence-electron chi connectivity index (χ2n) is 9.53. The van der Waals surface area contributed by atoms with Gasteiger partial charge in [-0.2, -0.15) is 0 Å². The van der Waals surface area contributed by atoms with E-state index in [1.807, 2.05) is 31.2 Å². The SMILES string of the molecule is CCOc1ccc(N(C(=O)C23CC4CC(CC(C4)C2)C3)[C@H]2C=CS(=O)(=O)C2)cc1. The molecule has 0 radical (unpaired) electrons. The largest absolute Gasteiger partial charge is 0.494 e. The average molecular weight is 416 g/mol. The first-order chi connectivity index (χ1) is 13.9. The number of amides is 1. The van der Waals surface area contributed by atoms with Crippen molar-refractivity contribution in [1.82, 2.24) is 0 Å². The van der Waals surface area contributed by atoms with Gasteiger partial charge in [0.15, 0.2) is 9.84 Å². The molecule has 6 rings (SSSR count). The normalized spacial score (nSPS) is 36.3. The van der Waals surface area contributed by atoms with Crippen molar-refractivity contribution in [3.8, 4) is 5.75 Å². The van der Waals surface area contributed by atoms with Gasteiger partial charge in [0.1, 0.15) is 5.75 Å². The van der Waals surface area contributed by atoms with E-state index in [0.29, 0.717) is 24.4 Å². The van der Waals surface area contributed by atoms with Crippen molar-refractivity contribution in [3.05, 3.63) is 35.7 Å². The van der Waals surface area contributed by atoms with Crippen molar-refractivity contribution in [2.45, 2.75) is 51.5 Å². The predicted molar refractivity (Wildman–Crippen MR) is 112 cm³/mol. The summed E-state index contributed by atoms with van der Waals surface area (Å²) in [5.41, 5.74) is 0.453. The smallest absolute Gasteiger partial charge is 0.233 e. The van der Waals surface area contributed by atoms with E-state index in [9.17, 15) is 13.2 Å². The lowest BCUT2D eigenvalue weighted by molar-refractivity contribution is -0.143. The Morgan fingerprint density at radius 2 is 1.66 bits per heavy atom. The number of carbonyl (C=O) groups excluding carboxylic acids is 1. The van der Waals surface area contributed by atoms with Gasteiger partial charge < -0.3 is 9.64 Å². The van der Waals surface area contributed by atoms with Crippen LogP contribution >= 0.6 is 0 Å². The first-order valence-electron chi connectivity index (χ1n) is 10.8. The number of ether oxygens (including phenoxy) is 1. The molecule has 6 heteroatoms.